The van der Waals surface area contributed by atoms with E-state index in [4.69, 9.17) is 14.4 Å². The zero-order chi connectivity index (χ0) is 25.7. The van der Waals surface area contributed by atoms with Crippen LogP contribution in [0.3, 0.4) is 0 Å². The van der Waals surface area contributed by atoms with E-state index >= 15 is 0 Å². The molecule has 1 amide bonds. The minimum absolute atomic E-state index is 0.0966. The normalized spacial score (nSPS) is 15.1. The summed E-state index contributed by atoms with van der Waals surface area (Å²) in [7, 11) is -3.20. The van der Waals surface area contributed by atoms with Crippen LogP contribution < -0.4 is 5.32 Å². The van der Waals surface area contributed by atoms with Crippen LogP contribution in [0.5, 0.6) is 0 Å². The van der Waals surface area contributed by atoms with Crippen LogP contribution in [0.1, 0.15) is 43.7 Å². The predicted molar refractivity (Wildman–Crippen MR) is 137 cm³/mol. The summed E-state index contributed by atoms with van der Waals surface area (Å²) in [5.41, 5.74) is 4.00. The molecule has 9 nitrogen and oxygen atoms in total. The van der Waals surface area contributed by atoms with Crippen LogP contribution in [0.15, 0.2) is 40.8 Å². The Morgan fingerprint density at radius 1 is 1.25 bits per heavy atom. The van der Waals surface area contributed by atoms with Gasteiger partial charge in [0.25, 0.3) is 0 Å². The van der Waals surface area contributed by atoms with Gasteiger partial charge in [0.05, 0.1) is 23.5 Å². The molecule has 190 valence electrons. The molecule has 0 aliphatic carbocycles. The molecule has 0 bridgehead atoms. The van der Waals surface area contributed by atoms with Crippen LogP contribution in [-0.4, -0.2) is 55.2 Å². The molecule has 0 unspecified atom stereocenters. The summed E-state index contributed by atoms with van der Waals surface area (Å²) in [6, 6.07) is 12.7. The number of rotatable bonds is 9. The molecule has 1 N–H and O–H groups in total. The minimum Gasteiger partial charge on any atom is -0.436 e. The molecular formula is C26H30N4O5S. The van der Waals surface area contributed by atoms with Gasteiger partial charge >= 0.3 is 0 Å². The van der Waals surface area contributed by atoms with E-state index in [9.17, 15) is 13.2 Å². The highest BCUT2D eigenvalue weighted by Crippen LogP contribution is 2.28. The lowest BCUT2D eigenvalue weighted by molar-refractivity contribution is -0.123. The molecule has 1 aromatic heterocycles. The fourth-order valence-electron chi connectivity index (χ4n) is 4.21. The molecule has 4 rings (SSSR count). The smallest absolute Gasteiger partial charge is 0.250 e. The van der Waals surface area contributed by atoms with Gasteiger partial charge in [0.1, 0.15) is 12.1 Å². The molecule has 1 fully saturated rings. The van der Waals surface area contributed by atoms with Crippen LogP contribution >= 0.6 is 0 Å². The van der Waals surface area contributed by atoms with Gasteiger partial charge in [0, 0.05) is 24.3 Å². The lowest BCUT2D eigenvalue weighted by Gasteiger charge is -2.31. The summed E-state index contributed by atoms with van der Waals surface area (Å²) < 4.78 is 37.8. The van der Waals surface area contributed by atoms with E-state index in [-0.39, 0.29) is 24.4 Å². The van der Waals surface area contributed by atoms with Crippen molar-refractivity contribution in [3.05, 3.63) is 47.5 Å². The summed E-state index contributed by atoms with van der Waals surface area (Å²) in [5.74, 6) is 0.347. The fourth-order valence-corrected chi connectivity index (χ4v) is 5.89. The van der Waals surface area contributed by atoms with E-state index in [1.54, 1.807) is 36.4 Å². The molecule has 0 atom stereocenters. The standard InChI is InChI=1S/C26H30N4O5S/c1-3-4-13-36(32,33)30-11-9-22(10-12-30)34-17-24(31)28-21-7-5-20(6-8-21)26-29-23-15-19(16-27)14-18(2)25(23)35-26/h5-8,14-15,22H,3-4,9-13,17H2,1-2H3,(H,28,31). The van der Waals surface area contributed by atoms with Crippen LogP contribution in [0.2, 0.25) is 0 Å². The second-order valence-corrected chi connectivity index (χ2v) is 11.1. The molecule has 1 aliphatic rings. The van der Waals surface area contributed by atoms with E-state index in [0.717, 1.165) is 17.5 Å². The molecule has 0 spiro atoms. The molecule has 36 heavy (non-hydrogen) atoms. The number of hydrogen-bond acceptors (Lipinski definition) is 7. The maximum atomic E-state index is 12.4. The second-order valence-electron chi connectivity index (χ2n) is 8.98. The highest BCUT2D eigenvalue weighted by atomic mass is 32.2. The number of unbranched alkanes of at least 4 members (excludes halogenated alkanes) is 1. The maximum absolute atomic E-state index is 12.4. The first-order chi connectivity index (χ1) is 17.3. The lowest BCUT2D eigenvalue weighted by Crippen LogP contribution is -2.42. The van der Waals surface area contributed by atoms with Gasteiger partial charge in [-0.1, -0.05) is 13.3 Å². The SMILES string of the molecule is CCCCS(=O)(=O)N1CCC(OCC(=O)Nc2ccc(-c3nc4cc(C#N)cc(C)c4o3)cc2)CC1. The number of ether oxygens (including phenoxy) is 1. The Labute approximate surface area is 211 Å². The number of nitrogens with zero attached hydrogens (tertiary/aromatic N) is 3. The first-order valence-corrected chi connectivity index (χ1v) is 13.7. The Balaban J connectivity index is 1.27. The maximum Gasteiger partial charge on any atom is 0.250 e. The monoisotopic (exact) mass is 510 g/mol. The molecule has 1 saturated heterocycles. The van der Waals surface area contributed by atoms with Crippen LogP contribution in [0.25, 0.3) is 22.6 Å². The third kappa shape index (κ3) is 6.10. The number of piperidine rings is 1. The highest BCUT2D eigenvalue weighted by molar-refractivity contribution is 7.89. The number of nitrogens with one attached hydrogen (secondary N) is 1. The number of anilines is 1. The molecule has 0 radical (unpaired) electrons. The number of aryl methyl sites for hydroxylation is 1. The van der Waals surface area contributed by atoms with Gasteiger partial charge in [-0.25, -0.2) is 17.7 Å². The number of aromatic nitrogens is 1. The first kappa shape index (κ1) is 25.8. The molecule has 3 aromatic rings. The molecule has 1 aliphatic heterocycles. The van der Waals surface area contributed by atoms with Crippen molar-refractivity contribution in [2.24, 2.45) is 0 Å². The predicted octanol–water partition coefficient (Wildman–Crippen LogP) is 4.22. The minimum atomic E-state index is -3.20. The average Bonchev–Trinajstić information content (AvgIpc) is 3.32. The summed E-state index contributed by atoms with van der Waals surface area (Å²) in [6.07, 6.45) is 2.52. The largest absolute Gasteiger partial charge is 0.436 e. The van der Waals surface area contributed by atoms with Crippen molar-refractivity contribution in [1.82, 2.24) is 9.29 Å². The zero-order valence-electron chi connectivity index (χ0n) is 20.5. The van der Waals surface area contributed by atoms with Crippen molar-refractivity contribution >= 4 is 32.7 Å². The van der Waals surface area contributed by atoms with Crippen molar-refractivity contribution in [1.29, 1.82) is 5.26 Å². The van der Waals surface area contributed by atoms with Crippen molar-refractivity contribution in [3.8, 4) is 17.5 Å². The quantitative estimate of drug-likeness (QED) is 0.457. The van der Waals surface area contributed by atoms with E-state index in [0.29, 0.717) is 60.6 Å². The van der Waals surface area contributed by atoms with Gasteiger partial charge in [-0.05, 0) is 68.1 Å². The number of carbonyl (C=O) groups excluding carboxylic acids is 1. The number of carbonyl (C=O) groups is 1. The second kappa shape index (κ2) is 11.2. The van der Waals surface area contributed by atoms with Gasteiger partial charge in [-0.3, -0.25) is 4.79 Å². The van der Waals surface area contributed by atoms with E-state index < -0.39 is 10.0 Å². The van der Waals surface area contributed by atoms with Crippen LogP contribution in [-0.2, 0) is 19.6 Å². The summed E-state index contributed by atoms with van der Waals surface area (Å²) in [4.78, 5) is 16.9. The molecular weight excluding hydrogens is 480 g/mol. The number of sulfonamides is 1. The van der Waals surface area contributed by atoms with Crippen molar-refractivity contribution in [3.63, 3.8) is 0 Å². The van der Waals surface area contributed by atoms with Gasteiger partial charge in [-0.15, -0.1) is 0 Å². The third-order valence-electron chi connectivity index (χ3n) is 6.22. The topological polar surface area (TPSA) is 126 Å². The number of amides is 1. The summed E-state index contributed by atoms with van der Waals surface area (Å²) in [5, 5.41) is 12.0. The van der Waals surface area contributed by atoms with Crippen LogP contribution in [0, 0.1) is 18.3 Å². The molecule has 2 aromatic carbocycles. The average molecular weight is 511 g/mol. The Hall–Kier alpha value is -3.26. The number of fused-ring (bicyclic) bond motifs is 1. The lowest BCUT2D eigenvalue weighted by atomic mass is 10.1. The fraction of sp³-hybridized carbons (Fsp3) is 0.423. The first-order valence-electron chi connectivity index (χ1n) is 12.1. The van der Waals surface area contributed by atoms with E-state index in [1.807, 2.05) is 13.8 Å². The summed E-state index contributed by atoms with van der Waals surface area (Å²) >= 11 is 0. The van der Waals surface area contributed by atoms with Crippen molar-refractivity contribution in [2.75, 3.05) is 30.8 Å². The van der Waals surface area contributed by atoms with Gasteiger partial charge in [-0.2, -0.15) is 5.26 Å². The number of nitriles is 1. The Morgan fingerprint density at radius 2 is 1.97 bits per heavy atom. The number of benzene rings is 2. The Bertz CT molecular complexity index is 1370. The highest BCUT2D eigenvalue weighted by Gasteiger charge is 2.28. The molecule has 2 heterocycles. The zero-order valence-corrected chi connectivity index (χ0v) is 21.3. The van der Waals surface area contributed by atoms with E-state index in [1.165, 1.54) is 4.31 Å². The Morgan fingerprint density at radius 3 is 2.64 bits per heavy atom. The van der Waals surface area contributed by atoms with Crippen molar-refractivity contribution < 1.29 is 22.4 Å². The van der Waals surface area contributed by atoms with Crippen LogP contribution in [0.4, 0.5) is 5.69 Å². The summed E-state index contributed by atoms with van der Waals surface area (Å²) in [6.45, 7) is 4.60. The molecule has 10 heteroatoms. The number of oxazole rings is 1. The van der Waals surface area contributed by atoms with E-state index in [2.05, 4.69) is 16.4 Å². The number of hydrogen-bond donors (Lipinski definition) is 1. The Kier molecular flexibility index (Phi) is 8.04. The van der Waals surface area contributed by atoms with Gasteiger partial charge < -0.3 is 14.5 Å². The molecule has 0 saturated carbocycles. The third-order valence-corrected chi connectivity index (χ3v) is 8.18. The van der Waals surface area contributed by atoms with Gasteiger partial charge in [0.2, 0.25) is 21.8 Å². The van der Waals surface area contributed by atoms with Gasteiger partial charge in [0.15, 0.2) is 5.58 Å². The van der Waals surface area contributed by atoms with Crippen molar-refractivity contribution in [2.45, 2.75) is 45.6 Å².